The summed E-state index contributed by atoms with van der Waals surface area (Å²) in [6.07, 6.45) is 2.70. The zero-order chi connectivity index (χ0) is 15.4. The van der Waals surface area contributed by atoms with Crippen molar-refractivity contribution in [3.63, 3.8) is 0 Å². The van der Waals surface area contributed by atoms with Crippen molar-refractivity contribution in [2.45, 2.75) is 0 Å². The molecule has 108 valence electrons. The lowest BCUT2D eigenvalue weighted by atomic mass is 10.1. The van der Waals surface area contributed by atoms with Crippen molar-refractivity contribution in [3.8, 4) is 5.75 Å². The monoisotopic (exact) mass is 308 g/mol. The Kier molecular flexibility index (Phi) is 4.70. The van der Waals surface area contributed by atoms with Crippen LogP contribution in [-0.4, -0.2) is 12.9 Å². The van der Waals surface area contributed by atoms with Gasteiger partial charge in [0.05, 0.1) is 12.1 Å². The average molecular weight is 309 g/mol. The number of ether oxygens (including phenoxy) is 1. The third-order valence-corrected chi connectivity index (χ3v) is 3.11. The van der Waals surface area contributed by atoms with Crippen LogP contribution in [-0.2, 0) is 0 Å². The average Bonchev–Trinajstić information content (AvgIpc) is 2.45. The molecule has 0 saturated carbocycles. The third kappa shape index (κ3) is 3.67. The van der Waals surface area contributed by atoms with Crippen LogP contribution in [0.15, 0.2) is 42.5 Å². The number of methoxy groups -OCH3 is 1. The van der Waals surface area contributed by atoms with Gasteiger partial charge in [0.1, 0.15) is 5.82 Å². The van der Waals surface area contributed by atoms with Crippen molar-refractivity contribution < 1.29 is 18.3 Å². The second-order valence-corrected chi connectivity index (χ2v) is 4.62. The third-order valence-electron chi connectivity index (χ3n) is 2.80. The first-order chi connectivity index (χ1) is 10.0. The van der Waals surface area contributed by atoms with Crippen LogP contribution in [0.5, 0.6) is 5.75 Å². The number of benzene rings is 2. The lowest BCUT2D eigenvalue weighted by Crippen LogP contribution is -1.96. The molecule has 0 spiro atoms. The first kappa shape index (κ1) is 15.2. The summed E-state index contributed by atoms with van der Waals surface area (Å²) in [5.41, 5.74) is 0.684. The molecule has 0 amide bonds. The molecule has 0 unspecified atom stereocenters. The molecular formula is C16H11ClF2O2. The number of hydrogen-bond acceptors (Lipinski definition) is 2. The number of rotatable bonds is 4. The number of carbonyl (C=O) groups is 1. The summed E-state index contributed by atoms with van der Waals surface area (Å²) in [6, 6.07) is 7.84. The van der Waals surface area contributed by atoms with Gasteiger partial charge in [0, 0.05) is 5.56 Å². The van der Waals surface area contributed by atoms with E-state index in [1.165, 1.54) is 37.5 Å². The summed E-state index contributed by atoms with van der Waals surface area (Å²) in [4.78, 5) is 11.9. The zero-order valence-corrected chi connectivity index (χ0v) is 11.8. The Balaban J connectivity index is 2.20. The van der Waals surface area contributed by atoms with Gasteiger partial charge in [-0.2, -0.15) is 0 Å². The minimum atomic E-state index is -0.521. The van der Waals surface area contributed by atoms with Crippen molar-refractivity contribution in [2.75, 3.05) is 7.11 Å². The fourth-order valence-corrected chi connectivity index (χ4v) is 2.00. The van der Waals surface area contributed by atoms with E-state index in [0.29, 0.717) is 5.56 Å². The fraction of sp³-hybridized carbons (Fsp3) is 0.0625. The molecule has 0 aliphatic rings. The Morgan fingerprint density at radius 3 is 2.57 bits per heavy atom. The highest BCUT2D eigenvalue weighted by atomic mass is 35.5. The molecule has 5 heteroatoms. The Labute approximate surface area is 125 Å². The second-order valence-electron chi connectivity index (χ2n) is 4.22. The number of carbonyl (C=O) groups excluding carboxylic acids is 1. The Hall–Kier alpha value is -2.20. The normalized spacial score (nSPS) is 10.9. The highest BCUT2D eigenvalue weighted by molar-refractivity contribution is 6.34. The lowest BCUT2D eigenvalue weighted by Gasteiger charge is -2.02. The minimum Gasteiger partial charge on any atom is -0.494 e. The SMILES string of the molecule is COc1ccc(/C=C/C(=O)c2ccc(F)cc2Cl)cc1F. The quantitative estimate of drug-likeness (QED) is 0.613. The van der Waals surface area contributed by atoms with Crippen LogP contribution in [0.4, 0.5) is 8.78 Å². The highest BCUT2D eigenvalue weighted by Gasteiger charge is 2.08. The summed E-state index contributed by atoms with van der Waals surface area (Å²) in [5, 5.41) is 0.0329. The molecule has 2 nitrogen and oxygen atoms in total. The first-order valence-corrected chi connectivity index (χ1v) is 6.40. The highest BCUT2D eigenvalue weighted by Crippen LogP contribution is 2.20. The summed E-state index contributed by atoms with van der Waals surface area (Å²) in [6.45, 7) is 0. The second kappa shape index (κ2) is 6.50. The molecule has 0 aliphatic heterocycles. The fourth-order valence-electron chi connectivity index (χ4n) is 1.74. The Bertz CT molecular complexity index is 711. The van der Waals surface area contributed by atoms with Crippen LogP contribution in [0.25, 0.3) is 6.08 Å². The lowest BCUT2D eigenvalue weighted by molar-refractivity contribution is 0.104. The smallest absolute Gasteiger partial charge is 0.187 e. The zero-order valence-electron chi connectivity index (χ0n) is 11.1. The molecule has 2 rings (SSSR count). The molecule has 0 saturated heterocycles. The standard InChI is InChI=1S/C16H11ClF2O2/c1-21-16-7-3-10(8-14(16)19)2-6-15(20)12-5-4-11(18)9-13(12)17/h2-9H,1H3/b6-2+. The topological polar surface area (TPSA) is 26.3 Å². The van der Waals surface area contributed by atoms with Crippen LogP contribution in [0.1, 0.15) is 15.9 Å². The summed E-state index contributed by atoms with van der Waals surface area (Å²) in [7, 11) is 1.37. The van der Waals surface area contributed by atoms with Gasteiger partial charge < -0.3 is 4.74 Å². The molecule has 2 aromatic rings. The van der Waals surface area contributed by atoms with Crippen LogP contribution in [0.2, 0.25) is 5.02 Å². The summed E-state index contributed by atoms with van der Waals surface area (Å²) >= 11 is 5.80. The molecular weight excluding hydrogens is 298 g/mol. The first-order valence-electron chi connectivity index (χ1n) is 6.02. The van der Waals surface area contributed by atoms with Gasteiger partial charge in [-0.25, -0.2) is 8.78 Å². The van der Waals surface area contributed by atoms with Gasteiger partial charge in [-0.15, -0.1) is 0 Å². The molecule has 0 aromatic heterocycles. The van der Waals surface area contributed by atoms with Crippen molar-refractivity contribution in [3.05, 3.63) is 70.3 Å². The largest absolute Gasteiger partial charge is 0.494 e. The maximum Gasteiger partial charge on any atom is 0.187 e. The molecule has 0 atom stereocenters. The van der Waals surface area contributed by atoms with Crippen LogP contribution in [0, 0.1) is 11.6 Å². The van der Waals surface area contributed by atoms with E-state index in [4.69, 9.17) is 16.3 Å². The number of allylic oxidation sites excluding steroid dienone is 1. The Morgan fingerprint density at radius 2 is 1.95 bits per heavy atom. The number of ketones is 1. The molecule has 0 fully saturated rings. The van der Waals surface area contributed by atoms with Gasteiger partial charge in [-0.05, 0) is 42.0 Å². The molecule has 0 N–H and O–H groups in total. The van der Waals surface area contributed by atoms with Gasteiger partial charge in [0.15, 0.2) is 17.3 Å². The van der Waals surface area contributed by atoms with E-state index < -0.39 is 17.4 Å². The Morgan fingerprint density at radius 1 is 1.19 bits per heavy atom. The van der Waals surface area contributed by atoms with Crippen molar-refractivity contribution in [2.24, 2.45) is 0 Å². The van der Waals surface area contributed by atoms with Crippen LogP contribution < -0.4 is 4.74 Å². The molecule has 0 heterocycles. The predicted octanol–water partition coefficient (Wildman–Crippen LogP) is 4.52. The van der Waals surface area contributed by atoms with Gasteiger partial charge >= 0.3 is 0 Å². The van der Waals surface area contributed by atoms with Crippen LogP contribution >= 0.6 is 11.6 Å². The number of halogens is 3. The molecule has 0 radical (unpaired) electrons. The van der Waals surface area contributed by atoms with E-state index in [1.54, 1.807) is 6.07 Å². The van der Waals surface area contributed by atoms with Gasteiger partial charge in [-0.3, -0.25) is 4.79 Å². The van der Waals surface area contributed by atoms with E-state index in [0.717, 1.165) is 12.1 Å². The summed E-state index contributed by atoms with van der Waals surface area (Å²) in [5.74, 6) is -1.30. The molecule has 0 aliphatic carbocycles. The number of hydrogen-bond donors (Lipinski definition) is 0. The van der Waals surface area contributed by atoms with Crippen molar-refractivity contribution in [1.29, 1.82) is 0 Å². The van der Waals surface area contributed by atoms with E-state index in [1.807, 2.05) is 0 Å². The van der Waals surface area contributed by atoms with E-state index in [9.17, 15) is 13.6 Å². The van der Waals surface area contributed by atoms with E-state index in [2.05, 4.69) is 0 Å². The predicted molar refractivity (Wildman–Crippen MR) is 77.7 cm³/mol. The van der Waals surface area contributed by atoms with E-state index >= 15 is 0 Å². The van der Waals surface area contributed by atoms with Crippen molar-refractivity contribution in [1.82, 2.24) is 0 Å². The maximum absolute atomic E-state index is 13.5. The molecule has 2 aromatic carbocycles. The van der Waals surface area contributed by atoms with Gasteiger partial charge in [-0.1, -0.05) is 23.7 Å². The molecule has 21 heavy (non-hydrogen) atoms. The minimum absolute atomic E-state index is 0.0329. The van der Waals surface area contributed by atoms with E-state index in [-0.39, 0.29) is 16.3 Å². The van der Waals surface area contributed by atoms with Gasteiger partial charge in [0.2, 0.25) is 0 Å². The van der Waals surface area contributed by atoms with Gasteiger partial charge in [0.25, 0.3) is 0 Å². The maximum atomic E-state index is 13.5. The van der Waals surface area contributed by atoms with Crippen molar-refractivity contribution >= 4 is 23.5 Å². The molecule has 0 bridgehead atoms. The summed E-state index contributed by atoms with van der Waals surface area (Å²) < 4.78 is 31.2. The van der Waals surface area contributed by atoms with Crippen LogP contribution in [0.3, 0.4) is 0 Å².